The number of hydrogen-bond donors (Lipinski definition) is 0. The molecule has 0 amide bonds. The molecule has 0 unspecified atom stereocenters. The number of allylic oxidation sites excluding steroid dienone is 1. The van der Waals surface area contributed by atoms with Gasteiger partial charge >= 0.3 is 10.1 Å². The van der Waals surface area contributed by atoms with Crippen LogP contribution in [0, 0.1) is 5.82 Å². The van der Waals surface area contributed by atoms with Crippen LogP contribution in [0.15, 0.2) is 54.6 Å². The summed E-state index contributed by atoms with van der Waals surface area (Å²) in [5, 5.41) is 0. The molecule has 0 fully saturated rings. The molecule has 0 saturated heterocycles. The van der Waals surface area contributed by atoms with Crippen LogP contribution in [-0.4, -0.2) is 20.5 Å². The van der Waals surface area contributed by atoms with Crippen LogP contribution in [0.1, 0.15) is 15.9 Å². The van der Waals surface area contributed by atoms with Crippen LogP contribution in [0.5, 0.6) is 5.75 Å². The maximum absolute atomic E-state index is 12.8. The fourth-order valence-corrected chi connectivity index (χ4v) is 2.15. The maximum Gasteiger partial charge on any atom is 0.306 e. The summed E-state index contributed by atoms with van der Waals surface area (Å²) in [6.45, 7) is 0. The quantitative estimate of drug-likeness (QED) is 0.482. The first-order valence-electron chi connectivity index (χ1n) is 6.31. The third kappa shape index (κ3) is 4.82. The molecule has 0 heterocycles. The number of carbonyl (C=O) groups is 1. The normalized spacial score (nSPS) is 11.5. The Morgan fingerprint density at radius 3 is 2.18 bits per heavy atom. The van der Waals surface area contributed by atoms with Gasteiger partial charge in [-0.05, 0) is 48.0 Å². The summed E-state index contributed by atoms with van der Waals surface area (Å²) in [4.78, 5) is 12.0. The van der Waals surface area contributed by atoms with Gasteiger partial charge in [0, 0.05) is 5.56 Å². The number of hydrogen-bond acceptors (Lipinski definition) is 4. The Morgan fingerprint density at radius 1 is 1.05 bits per heavy atom. The van der Waals surface area contributed by atoms with Gasteiger partial charge in [0.15, 0.2) is 5.78 Å². The fraction of sp³-hybridized carbons (Fsp3) is 0.0625. The molecule has 6 heteroatoms. The van der Waals surface area contributed by atoms with Gasteiger partial charge < -0.3 is 4.18 Å². The molecule has 0 aliphatic rings. The van der Waals surface area contributed by atoms with E-state index in [1.54, 1.807) is 18.2 Å². The van der Waals surface area contributed by atoms with Gasteiger partial charge in [-0.2, -0.15) is 8.42 Å². The van der Waals surface area contributed by atoms with E-state index in [1.807, 2.05) is 0 Å². The van der Waals surface area contributed by atoms with Crippen LogP contribution in [0.2, 0.25) is 0 Å². The second-order valence-electron chi connectivity index (χ2n) is 4.56. The highest BCUT2D eigenvalue weighted by molar-refractivity contribution is 7.86. The van der Waals surface area contributed by atoms with Crippen molar-refractivity contribution in [3.63, 3.8) is 0 Å². The van der Waals surface area contributed by atoms with E-state index in [9.17, 15) is 17.6 Å². The Hall–Kier alpha value is -2.47. The van der Waals surface area contributed by atoms with Crippen molar-refractivity contribution in [1.82, 2.24) is 0 Å². The molecular formula is C16H13FO4S. The van der Waals surface area contributed by atoms with E-state index in [4.69, 9.17) is 0 Å². The van der Waals surface area contributed by atoms with Crippen LogP contribution >= 0.6 is 0 Å². The van der Waals surface area contributed by atoms with E-state index in [-0.39, 0.29) is 17.3 Å². The first-order chi connectivity index (χ1) is 10.3. The van der Waals surface area contributed by atoms with E-state index in [2.05, 4.69) is 4.18 Å². The van der Waals surface area contributed by atoms with E-state index in [0.717, 1.165) is 6.26 Å². The molecule has 0 spiro atoms. The standard InChI is InChI=1S/C16H13FO4S/c1-22(19,20)21-15-9-5-13(6-10-15)16(18)11-4-12-2-7-14(17)8-3-12/h2-11H,1H3. The van der Waals surface area contributed by atoms with Crippen molar-refractivity contribution in [3.05, 3.63) is 71.6 Å². The molecular weight excluding hydrogens is 307 g/mol. The zero-order chi connectivity index (χ0) is 16.2. The summed E-state index contributed by atoms with van der Waals surface area (Å²) in [6, 6.07) is 11.5. The Bertz CT molecular complexity index is 791. The van der Waals surface area contributed by atoms with Crippen molar-refractivity contribution in [2.75, 3.05) is 6.26 Å². The van der Waals surface area contributed by atoms with Crippen molar-refractivity contribution in [2.45, 2.75) is 0 Å². The Kier molecular flexibility index (Phi) is 4.72. The maximum atomic E-state index is 12.8. The smallest absolute Gasteiger partial charge is 0.306 e. The second kappa shape index (κ2) is 6.53. The molecule has 2 aromatic carbocycles. The lowest BCUT2D eigenvalue weighted by molar-refractivity contribution is 0.104. The van der Waals surface area contributed by atoms with Crippen molar-refractivity contribution in [2.24, 2.45) is 0 Å². The molecule has 0 N–H and O–H groups in total. The van der Waals surface area contributed by atoms with Gasteiger partial charge in [0.1, 0.15) is 11.6 Å². The predicted octanol–water partition coefficient (Wildman–Crippen LogP) is 3.06. The van der Waals surface area contributed by atoms with Crippen molar-refractivity contribution >= 4 is 22.0 Å². The van der Waals surface area contributed by atoms with Crippen LogP contribution in [0.3, 0.4) is 0 Å². The molecule has 0 aliphatic carbocycles. The summed E-state index contributed by atoms with van der Waals surface area (Å²) in [7, 11) is -3.59. The largest absolute Gasteiger partial charge is 0.383 e. The molecule has 0 bridgehead atoms. The molecule has 114 valence electrons. The summed E-state index contributed by atoms with van der Waals surface area (Å²) in [5.74, 6) is -0.457. The first-order valence-corrected chi connectivity index (χ1v) is 8.13. The van der Waals surface area contributed by atoms with Crippen LogP contribution in [-0.2, 0) is 10.1 Å². The lowest BCUT2D eigenvalue weighted by atomic mass is 10.1. The van der Waals surface area contributed by atoms with E-state index >= 15 is 0 Å². The van der Waals surface area contributed by atoms with Gasteiger partial charge in [0.25, 0.3) is 0 Å². The third-order valence-electron chi connectivity index (χ3n) is 2.68. The fourth-order valence-electron chi connectivity index (χ4n) is 1.69. The number of carbonyl (C=O) groups excluding carboxylic acids is 1. The minimum absolute atomic E-state index is 0.140. The Balaban J connectivity index is 2.08. The molecule has 2 rings (SSSR count). The van der Waals surface area contributed by atoms with Crippen molar-refractivity contribution in [3.8, 4) is 5.75 Å². The first kappa shape index (κ1) is 15.9. The molecule has 0 aromatic heterocycles. The number of halogens is 1. The highest BCUT2D eigenvalue weighted by atomic mass is 32.2. The van der Waals surface area contributed by atoms with Gasteiger partial charge in [-0.1, -0.05) is 18.2 Å². The minimum atomic E-state index is -3.59. The van der Waals surface area contributed by atoms with Gasteiger partial charge in [-0.15, -0.1) is 0 Å². The number of benzene rings is 2. The third-order valence-corrected chi connectivity index (χ3v) is 3.18. The van der Waals surface area contributed by atoms with Crippen LogP contribution in [0.4, 0.5) is 4.39 Å². The Morgan fingerprint density at radius 2 is 1.64 bits per heavy atom. The Labute approximate surface area is 128 Å². The lowest BCUT2D eigenvalue weighted by Gasteiger charge is -2.03. The van der Waals surface area contributed by atoms with Crippen molar-refractivity contribution in [1.29, 1.82) is 0 Å². The molecule has 0 radical (unpaired) electrons. The SMILES string of the molecule is CS(=O)(=O)Oc1ccc(C(=O)C=Cc2ccc(F)cc2)cc1. The van der Waals surface area contributed by atoms with Gasteiger partial charge in [-0.25, -0.2) is 4.39 Å². The molecule has 0 atom stereocenters. The van der Waals surface area contributed by atoms with E-state index in [0.29, 0.717) is 11.1 Å². The van der Waals surface area contributed by atoms with Gasteiger partial charge in [-0.3, -0.25) is 4.79 Å². The highest BCUT2D eigenvalue weighted by Crippen LogP contribution is 2.15. The van der Waals surface area contributed by atoms with Gasteiger partial charge in [0.05, 0.1) is 6.26 Å². The molecule has 4 nitrogen and oxygen atoms in total. The molecule has 0 saturated carbocycles. The number of rotatable bonds is 5. The average Bonchev–Trinajstić information content (AvgIpc) is 2.45. The number of ketones is 1. The average molecular weight is 320 g/mol. The molecule has 2 aromatic rings. The summed E-state index contributed by atoms with van der Waals surface area (Å²) >= 11 is 0. The zero-order valence-electron chi connectivity index (χ0n) is 11.7. The monoisotopic (exact) mass is 320 g/mol. The van der Waals surface area contributed by atoms with E-state index in [1.165, 1.54) is 42.5 Å². The summed E-state index contributed by atoms with van der Waals surface area (Å²) in [6.07, 6.45) is 3.87. The second-order valence-corrected chi connectivity index (χ2v) is 6.14. The predicted molar refractivity (Wildman–Crippen MR) is 81.7 cm³/mol. The highest BCUT2D eigenvalue weighted by Gasteiger charge is 2.06. The molecule has 22 heavy (non-hydrogen) atoms. The zero-order valence-corrected chi connectivity index (χ0v) is 12.5. The molecule has 0 aliphatic heterocycles. The summed E-state index contributed by atoms with van der Waals surface area (Å²) in [5.41, 5.74) is 1.09. The van der Waals surface area contributed by atoms with Gasteiger partial charge in [0.2, 0.25) is 0 Å². The van der Waals surface area contributed by atoms with Crippen molar-refractivity contribution < 1.29 is 21.8 Å². The van der Waals surface area contributed by atoms with E-state index < -0.39 is 10.1 Å². The van der Waals surface area contributed by atoms with Crippen LogP contribution in [0.25, 0.3) is 6.08 Å². The summed E-state index contributed by atoms with van der Waals surface area (Å²) < 4.78 is 39.4. The minimum Gasteiger partial charge on any atom is -0.383 e. The topological polar surface area (TPSA) is 60.4 Å². The van der Waals surface area contributed by atoms with Crippen LogP contribution < -0.4 is 4.18 Å². The lowest BCUT2D eigenvalue weighted by Crippen LogP contribution is -2.05.